The second-order valence-corrected chi connectivity index (χ2v) is 8.04. The van der Waals surface area contributed by atoms with Crippen LogP contribution in [0.25, 0.3) is 0 Å². The zero-order valence-corrected chi connectivity index (χ0v) is 14.4. The molecule has 0 spiro atoms. The van der Waals surface area contributed by atoms with Gasteiger partial charge in [0.25, 0.3) is 5.91 Å². The van der Waals surface area contributed by atoms with Crippen LogP contribution in [0.5, 0.6) is 0 Å². The van der Waals surface area contributed by atoms with Gasteiger partial charge in [-0.15, -0.1) is 0 Å². The lowest BCUT2D eigenvalue weighted by molar-refractivity contribution is -0.142. The lowest BCUT2D eigenvalue weighted by Gasteiger charge is -2.56. The number of nitrogens with one attached hydrogen (secondary N) is 1. The van der Waals surface area contributed by atoms with Crippen LogP contribution in [0.1, 0.15) is 49.6 Å². The standard InChI is InChI=1S/C19H26N2O3/c1-11(20-18(22)16-4-3-5-24-16)19(23)21(2)17-14-7-12-6-13(9-14)10-15(17)8-12/h3-5,11-15,17H,6-10H2,1-2H3,(H,20,22)/t11-,12?,13?,14?,15?,17?/m0/s1. The Labute approximate surface area is 142 Å². The van der Waals surface area contributed by atoms with E-state index in [0.717, 1.165) is 11.8 Å². The van der Waals surface area contributed by atoms with E-state index in [4.69, 9.17) is 4.42 Å². The Kier molecular flexibility index (Phi) is 3.89. The summed E-state index contributed by atoms with van der Waals surface area (Å²) < 4.78 is 5.09. The summed E-state index contributed by atoms with van der Waals surface area (Å²) in [5, 5.41) is 2.76. The van der Waals surface area contributed by atoms with Crippen molar-refractivity contribution in [2.24, 2.45) is 23.7 Å². The van der Waals surface area contributed by atoms with Crippen LogP contribution in [-0.4, -0.2) is 35.8 Å². The smallest absolute Gasteiger partial charge is 0.287 e. The molecule has 5 nitrogen and oxygen atoms in total. The molecule has 0 radical (unpaired) electrons. The van der Waals surface area contributed by atoms with Gasteiger partial charge in [0.1, 0.15) is 6.04 Å². The van der Waals surface area contributed by atoms with E-state index in [1.807, 2.05) is 11.9 Å². The third-order valence-electron chi connectivity index (χ3n) is 6.43. The van der Waals surface area contributed by atoms with Gasteiger partial charge in [0.2, 0.25) is 5.91 Å². The highest BCUT2D eigenvalue weighted by atomic mass is 16.3. The molecule has 1 N–H and O–H groups in total. The minimum absolute atomic E-state index is 0.00683. The van der Waals surface area contributed by atoms with E-state index in [1.165, 1.54) is 38.4 Å². The van der Waals surface area contributed by atoms with Crippen molar-refractivity contribution < 1.29 is 14.0 Å². The minimum Gasteiger partial charge on any atom is -0.459 e. The molecule has 5 heteroatoms. The Hall–Kier alpha value is -1.78. The van der Waals surface area contributed by atoms with E-state index in [-0.39, 0.29) is 17.6 Å². The van der Waals surface area contributed by atoms with Crippen molar-refractivity contribution in [2.45, 2.75) is 51.1 Å². The van der Waals surface area contributed by atoms with Gasteiger partial charge in [-0.05, 0) is 74.8 Å². The van der Waals surface area contributed by atoms with Gasteiger partial charge in [-0.3, -0.25) is 9.59 Å². The van der Waals surface area contributed by atoms with Gasteiger partial charge in [-0.2, -0.15) is 0 Å². The van der Waals surface area contributed by atoms with Crippen molar-refractivity contribution in [1.29, 1.82) is 0 Å². The number of rotatable bonds is 4. The van der Waals surface area contributed by atoms with Gasteiger partial charge in [-0.25, -0.2) is 0 Å². The zero-order chi connectivity index (χ0) is 16.8. The number of hydrogen-bond donors (Lipinski definition) is 1. The number of nitrogens with zero attached hydrogens (tertiary/aromatic N) is 1. The maximum atomic E-state index is 12.9. The maximum absolute atomic E-state index is 12.9. The van der Waals surface area contributed by atoms with E-state index in [2.05, 4.69) is 5.32 Å². The predicted molar refractivity (Wildman–Crippen MR) is 89.2 cm³/mol. The molecule has 24 heavy (non-hydrogen) atoms. The molecule has 1 aromatic heterocycles. The molecular formula is C19H26N2O3. The van der Waals surface area contributed by atoms with Gasteiger partial charge >= 0.3 is 0 Å². The van der Waals surface area contributed by atoms with Crippen LogP contribution in [0.2, 0.25) is 0 Å². The molecule has 2 amide bonds. The molecule has 0 saturated heterocycles. The molecule has 1 atom stereocenters. The van der Waals surface area contributed by atoms with Crippen molar-refractivity contribution in [3.63, 3.8) is 0 Å². The molecule has 4 aliphatic carbocycles. The summed E-state index contributed by atoms with van der Waals surface area (Å²) in [6.07, 6.45) is 7.99. The Morgan fingerprint density at radius 2 is 1.79 bits per heavy atom. The first-order valence-electron chi connectivity index (χ1n) is 9.14. The summed E-state index contributed by atoms with van der Waals surface area (Å²) in [5.74, 6) is 3.01. The molecule has 0 unspecified atom stereocenters. The first kappa shape index (κ1) is 15.7. The van der Waals surface area contributed by atoms with Crippen LogP contribution in [0.4, 0.5) is 0 Å². The van der Waals surface area contributed by atoms with E-state index < -0.39 is 6.04 Å². The fourth-order valence-electron chi connectivity index (χ4n) is 5.72. The minimum atomic E-state index is -0.537. The topological polar surface area (TPSA) is 62.6 Å². The number of likely N-dealkylation sites (N-methyl/N-ethyl adjacent to an activating group) is 1. The number of furan rings is 1. The molecule has 5 rings (SSSR count). The predicted octanol–water partition coefficient (Wildman–Crippen LogP) is 2.68. The summed E-state index contributed by atoms with van der Waals surface area (Å²) in [7, 11) is 1.92. The number of carbonyl (C=O) groups is 2. The highest BCUT2D eigenvalue weighted by Crippen LogP contribution is 2.54. The molecule has 0 aliphatic heterocycles. The van der Waals surface area contributed by atoms with Crippen LogP contribution in [0, 0.1) is 23.7 Å². The van der Waals surface area contributed by atoms with Gasteiger partial charge in [0.05, 0.1) is 6.26 Å². The Morgan fingerprint density at radius 3 is 2.33 bits per heavy atom. The summed E-state index contributed by atoms with van der Waals surface area (Å²) >= 11 is 0. The van der Waals surface area contributed by atoms with Crippen molar-refractivity contribution in [3.05, 3.63) is 24.2 Å². The van der Waals surface area contributed by atoms with Crippen molar-refractivity contribution in [3.8, 4) is 0 Å². The first-order chi connectivity index (χ1) is 11.5. The average molecular weight is 330 g/mol. The third-order valence-corrected chi connectivity index (χ3v) is 6.43. The molecule has 4 saturated carbocycles. The summed E-state index contributed by atoms with van der Waals surface area (Å²) in [6, 6.07) is 3.09. The normalized spacial score (nSPS) is 34.8. The SMILES string of the molecule is C[C@H](NC(=O)c1ccco1)C(=O)N(C)C1C2CC3CC(C2)CC1C3. The van der Waals surface area contributed by atoms with Crippen molar-refractivity contribution in [2.75, 3.05) is 7.05 Å². The number of carbonyl (C=O) groups excluding carboxylic acids is 2. The molecule has 4 bridgehead atoms. The quantitative estimate of drug-likeness (QED) is 0.923. The van der Waals surface area contributed by atoms with Crippen LogP contribution >= 0.6 is 0 Å². The molecule has 4 aliphatic rings. The van der Waals surface area contributed by atoms with Crippen molar-refractivity contribution in [1.82, 2.24) is 10.2 Å². The number of amides is 2. The van der Waals surface area contributed by atoms with Gasteiger partial charge in [0, 0.05) is 13.1 Å². The third kappa shape index (κ3) is 2.64. The fraction of sp³-hybridized carbons (Fsp3) is 0.684. The summed E-state index contributed by atoms with van der Waals surface area (Å²) in [6.45, 7) is 1.76. The molecule has 0 aromatic carbocycles. The van der Waals surface area contributed by atoms with Gasteiger partial charge < -0.3 is 14.6 Å². The van der Waals surface area contributed by atoms with Crippen LogP contribution in [0.3, 0.4) is 0 Å². The molecule has 130 valence electrons. The summed E-state index contributed by atoms with van der Waals surface area (Å²) in [5.41, 5.74) is 0. The highest BCUT2D eigenvalue weighted by molar-refractivity contribution is 5.95. The lowest BCUT2D eigenvalue weighted by atomic mass is 9.54. The van der Waals surface area contributed by atoms with Crippen LogP contribution < -0.4 is 5.32 Å². The number of hydrogen-bond acceptors (Lipinski definition) is 3. The Bertz CT molecular complexity index is 597. The Morgan fingerprint density at radius 1 is 1.17 bits per heavy atom. The van der Waals surface area contributed by atoms with E-state index in [9.17, 15) is 9.59 Å². The second kappa shape index (κ2) is 5.94. The summed E-state index contributed by atoms with van der Waals surface area (Å²) in [4.78, 5) is 26.9. The van der Waals surface area contributed by atoms with E-state index >= 15 is 0 Å². The van der Waals surface area contributed by atoms with Crippen LogP contribution in [-0.2, 0) is 4.79 Å². The monoisotopic (exact) mass is 330 g/mol. The van der Waals surface area contributed by atoms with E-state index in [1.54, 1.807) is 19.1 Å². The highest BCUT2D eigenvalue weighted by Gasteiger charge is 2.50. The largest absolute Gasteiger partial charge is 0.459 e. The average Bonchev–Trinajstić information content (AvgIpc) is 3.07. The first-order valence-corrected chi connectivity index (χ1v) is 9.14. The Balaban J connectivity index is 1.41. The molecule has 4 fully saturated rings. The lowest BCUT2D eigenvalue weighted by Crippen LogP contribution is -2.59. The second-order valence-electron chi connectivity index (χ2n) is 8.04. The van der Waals surface area contributed by atoms with Crippen LogP contribution in [0.15, 0.2) is 22.8 Å². The molecule has 1 heterocycles. The van der Waals surface area contributed by atoms with Gasteiger partial charge in [0.15, 0.2) is 5.76 Å². The fourth-order valence-corrected chi connectivity index (χ4v) is 5.72. The molecular weight excluding hydrogens is 304 g/mol. The maximum Gasteiger partial charge on any atom is 0.287 e. The van der Waals surface area contributed by atoms with Gasteiger partial charge in [-0.1, -0.05) is 0 Å². The van der Waals surface area contributed by atoms with Crippen molar-refractivity contribution >= 4 is 11.8 Å². The zero-order valence-electron chi connectivity index (χ0n) is 14.4. The van der Waals surface area contributed by atoms with E-state index in [0.29, 0.717) is 17.9 Å². The molecule has 1 aromatic rings.